The third-order valence-electron chi connectivity index (χ3n) is 0. The van der Waals surface area contributed by atoms with Crippen molar-refractivity contribution in [1.82, 2.24) is 0 Å². The number of hydrogen-bond donors (Lipinski definition) is 0. The van der Waals surface area contributed by atoms with Gasteiger partial charge in [0.15, 0.2) is 0 Å². The Morgan fingerprint density at radius 1 is 0.833 bits per heavy atom. The van der Waals surface area contributed by atoms with Gasteiger partial charge in [-0.05, 0) is 0 Å². The van der Waals surface area contributed by atoms with Gasteiger partial charge in [-0.1, -0.05) is 0 Å². The van der Waals surface area contributed by atoms with Crippen LogP contribution in [0, 0.1) is 7.43 Å². The van der Waals surface area contributed by atoms with E-state index in [-0.39, 0.29) is 24.2 Å². The van der Waals surface area contributed by atoms with Gasteiger partial charge in [0.2, 0.25) is 0 Å². The summed E-state index contributed by atoms with van der Waals surface area (Å²) in [6, 6.07) is 0. The van der Waals surface area contributed by atoms with Crippen molar-refractivity contribution in [1.29, 1.82) is 0 Å². The molecule has 0 spiro atoms. The minimum atomic E-state index is 0. The zero-order valence-electron chi connectivity index (χ0n) is 3.15. The van der Waals surface area contributed by atoms with Gasteiger partial charge in [-0.3, -0.25) is 0 Å². The summed E-state index contributed by atoms with van der Waals surface area (Å²) in [6.07, 6.45) is 0. The Labute approximate surface area is 48.1 Å². The molecule has 0 saturated carbocycles. The molecule has 3 heteroatoms. The van der Waals surface area contributed by atoms with Crippen LogP contribution in [0.25, 0.3) is 0 Å². The molecule has 0 heterocycles. The van der Waals surface area contributed by atoms with Crippen molar-refractivity contribution in [3.8, 4) is 0 Å². The molecule has 0 aromatic heterocycles. The molecule has 0 aromatic carbocycles. The summed E-state index contributed by atoms with van der Waals surface area (Å²) in [5, 5.41) is 0. The van der Waals surface area contributed by atoms with E-state index in [0.29, 0.717) is 0 Å². The van der Waals surface area contributed by atoms with Gasteiger partial charge in [-0.2, -0.15) is 0 Å². The molecular weight excluding hydrogens is 127 g/mol. The molecule has 0 amide bonds. The van der Waals surface area contributed by atoms with Gasteiger partial charge in [0, 0.05) is 0 Å². The van der Waals surface area contributed by atoms with Crippen LogP contribution in [0.4, 0.5) is 0 Å². The number of rotatable bonds is 0. The summed E-state index contributed by atoms with van der Waals surface area (Å²) >= 11 is 0. The maximum atomic E-state index is 7.50. The van der Waals surface area contributed by atoms with Crippen molar-refractivity contribution in [3.63, 3.8) is 0 Å². The van der Waals surface area contributed by atoms with E-state index in [0.717, 1.165) is 0 Å². The van der Waals surface area contributed by atoms with E-state index in [1.165, 1.54) is 0 Å². The fraction of sp³-hybridized carbons (Fsp3) is 0. The van der Waals surface area contributed by atoms with Crippen LogP contribution in [-0.4, -0.2) is 13.6 Å². The van der Waals surface area contributed by atoms with Crippen LogP contribution >= 0.6 is 0 Å². The maximum Gasteiger partial charge on any atom is 3.00 e. The molecule has 0 saturated heterocycles. The third-order valence-corrected chi connectivity index (χ3v) is 0. The van der Waals surface area contributed by atoms with Crippen LogP contribution in [0.3, 0.4) is 0 Å². The van der Waals surface area contributed by atoms with Crippen molar-refractivity contribution in [2.24, 2.45) is 0 Å². The van der Waals surface area contributed by atoms with E-state index >= 15 is 0 Å². The van der Waals surface area contributed by atoms with Gasteiger partial charge in [-0.15, -0.1) is 0 Å². The summed E-state index contributed by atoms with van der Waals surface area (Å²) in [4.78, 5) is 15.0. The summed E-state index contributed by atoms with van der Waals surface area (Å²) in [6.45, 7) is 9.00. The average Bonchev–Trinajstić information content (AvgIpc) is 1.50. The quantitative estimate of drug-likeness (QED) is 0.420. The molecule has 0 unspecified atom stereocenters. The van der Waals surface area contributed by atoms with E-state index in [1.807, 2.05) is 0 Å². The minimum Gasteiger partial charge on any atom is -0.573 e. The Hall–Kier alpha value is -0.154. The van der Waals surface area contributed by atoms with Crippen LogP contribution in [0.1, 0.15) is 0 Å². The number of hydrogen-bond acceptors (Lipinski definition) is 2. The van der Waals surface area contributed by atoms with Gasteiger partial charge in [0.1, 0.15) is 0 Å². The largest absolute Gasteiger partial charge is 3.00 e. The van der Waals surface area contributed by atoms with E-state index in [2.05, 4.69) is 13.6 Å². The second-order valence-corrected chi connectivity index (χ2v) is 0. The maximum absolute atomic E-state index is 7.50. The van der Waals surface area contributed by atoms with Crippen molar-refractivity contribution in [2.45, 2.75) is 0 Å². The second-order valence-electron chi connectivity index (χ2n) is 0. The van der Waals surface area contributed by atoms with Gasteiger partial charge in [0.25, 0.3) is 0 Å². The average molecular weight is 130 g/mol. The smallest absolute Gasteiger partial charge is 0.573 e. The molecule has 2 nitrogen and oxygen atoms in total. The fourth-order valence-electron chi connectivity index (χ4n) is 0. The molecular formula is C3H3CoO2. The van der Waals surface area contributed by atoms with Crippen LogP contribution in [0.15, 0.2) is 0 Å². The Bertz CT molecular complexity index is 10.8. The molecule has 36 valence electrons. The summed E-state index contributed by atoms with van der Waals surface area (Å²) in [5.74, 6) is 0. The Morgan fingerprint density at radius 2 is 0.833 bits per heavy atom. The topological polar surface area (TPSA) is 34.1 Å². The predicted molar refractivity (Wildman–Crippen MR) is 17.8 cm³/mol. The second kappa shape index (κ2) is 3040. The molecule has 0 rings (SSSR count). The normalized spacial score (nSPS) is 1.33. The summed E-state index contributed by atoms with van der Waals surface area (Å²) < 4.78 is 0. The molecule has 0 atom stereocenters. The van der Waals surface area contributed by atoms with Gasteiger partial charge >= 0.3 is 16.8 Å². The molecule has 0 aliphatic rings. The number of carbonyl (C=O) groups excluding carboxylic acids is 2. The van der Waals surface area contributed by atoms with E-state index < -0.39 is 0 Å². The van der Waals surface area contributed by atoms with Gasteiger partial charge in [-0.25, -0.2) is 0 Å². The SMILES string of the molecule is [C-]=O.[C-]=O.[CH3-].[Co+3]. The van der Waals surface area contributed by atoms with Crippen LogP contribution in [-0.2, 0) is 26.4 Å². The molecule has 0 fully saturated rings. The van der Waals surface area contributed by atoms with E-state index in [9.17, 15) is 0 Å². The molecule has 0 aliphatic carbocycles. The Kier molecular flexibility index (Phi) is 20400. The standard InChI is InChI=1S/2CO.CH3.Co/c2*1-2;;/h;;1H3;/q3*-1;+3. The third kappa shape index (κ3) is 1320. The van der Waals surface area contributed by atoms with Crippen molar-refractivity contribution in [2.75, 3.05) is 0 Å². The molecule has 2 radical (unpaired) electrons. The fourth-order valence-corrected chi connectivity index (χ4v) is 0. The van der Waals surface area contributed by atoms with Crippen LogP contribution in [0.2, 0.25) is 0 Å². The first kappa shape index (κ1) is 40.3. The first-order chi connectivity index (χ1) is 2.00. The van der Waals surface area contributed by atoms with Gasteiger partial charge in [0.05, 0.1) is 0 Å². The predicted octanol–water partition coefficient (Wildman–Crippen LogP) is -0.346. The molecule has 0 bridgehead atoms. The van der Waals surface area contributed by atoms with Crippen molar-refractivity contribution < 1.29 is 26.4 Å². The Morgan fingerprint density at radius 3 is 0.833 bits per heavy atom. The molecule has 0 aliphatic heterocycles. The Balaban J connectivity index is -0.00000000500. The monoisotopic (exact) mass is 130 g/mol. The van der Waals surface area contributed by atoms with Crippen LogP contribution in [0.5, 0.6) is 0 Å². The van der Waals surface area contributed by atoms with Gasteiger partial charge < -0.3 is 30.6 Å². The van der Waals surface area contributed by atoms with Crippen molar-refractivity contribution in [3.05, 3.63) is 7.43 Å². The zero-order valence-corrected chi connectivity index (χ0v) is 4.19. The summed E-state index contributed by atoms with van der Waals surface area (Å²) in [7, 11) is 0. The minimum absolute atomic E-state index is 0. The molecule has 6 heavy (non-hydrogen) atoms. The van der Waals surface area contributed by atoms with E-state index in [4.69, 9.17) is 9.59 Å². The first-order valence-electron chi connectivity index (χ1n) is 0.408. The zero-order chi connectivity index (χ0) is 4.00. The van der Waals surface area contributed by atoms with Crippen molar-refractivity contribution >= 4 is 13.6 Å². The molecule has 0 N–H and O–H groups in total. The van der Waals surface area contributed by atoms with E-state index in [1.54, 1.807) is 0 Å². The summed E-state index contributed by atoms with van der Waals surface area (Å²) in [5.41, 5.74) is 0. The van der Waals surface area contributed by atoms with Crippen LogP contribution < -0.4 is 0 Å². The first-order valence-corrected chi connectivity index (χ1v) is 0.408. The molecule has 0 aromatic rings.